The fourth-order valence-electron chi connectivity index (χ4n) is 5.33. The Morgan fingerprint density at radius 3 is 2.69 bits per heavy atom. The highest BCUT2D eigenvalue weighted by molar-refractivity contribution is 6.32. The molecule has 0 spiro atoms. The van der Waals surface area contributed by atoms with Gasteiger partial charge < -0.3 is 20.3 Å². The topological polar surface area (TPSA) is 100 Å². The van der Waals surface area contributed by atoms with Crippen LogP contribution < -0.4 is 10.6 Å². The Morgan fingerprint density at radius 2 is 1.97 bits per heavy atom. The lowest BCUT2D eigenvalue weighted by atomic mass is 9.98. The SMILES string of the molecule is Cc1nn(C2CC3CCC(C2)N3C)cc1Nc1ncc(Cl)c(NCCCN2C=CC(C)(C)OC2=O)n1. The summed E-state index contributed by atoms with van der Waals surface area (Å²) in [5.74, 6) is 1.00. The van der Waals surface area contributed by atoms with Crippen LogP contribution in [0.5, 0.6) is 0 Å². The number of cyclic esters (lactones) is 1. The van der Waals surface area contributed by atoms with E-state index in [1.807, 2.05) is 26.8 Å². The van der Waals surface area contributed by atoms with E-state index in [1.54, 1.807) is 17.3 Å². The maximum Gasteiger partial charge on any atom is 0.414 e. The molecule has 0 aliphatic carbocycles. The van der Waals surface area contributed by atoms with Crippen LogP contribution in [-0.4, -0.2) is 73.5 Å². The van der Waals surface area contributed by atoms with Gasteiger partial charge in [-0.3, -0.25) is 9.58 Å². The van der Waals surface area contributed by atoms with Gasteiger partial charge in [0.05, 0.1) is 23.6 Å². The third-order valence-corrected chi connectivity index (χ3v) is 7.74. The molecule has 11 heteroatoms. The maximum absolute atomic E-state index is 12.1. The number of piperidine rings is 1. The smallest absolute Gasteiger partial charge is 0.414 e. The Balaban J connectivity index is 1.17. The Morgan fingerprint density at radius 1 is 1.22 bits per heavy atom. The molecule has 2 fully saturated rings. The summed E-state index contributed by atoms with van der Waals surface area (Å²) in [6.45, 7) is 6.83. The molecule has 36 heavy (non-hydrogen) atoms. The summed E-state index contributed by atoms with van der Waals surface area (Å²) in [6.07, 6.45) is 12.5. The number of rotatable bonds is 8. The van der Waals surface area contributed by atoms with E-state index in [0.717, 1.165) is 24.2 Å². The van der Waals surface area contributed by atoms with E-state index in [-0.39, 0.29) is 6.09 Å². The van der Waals surface area contributed by atoms with E-state index >= 15 is 0 Å². The van der Waals surface area contributed by atoms with Crippen molar-refractivity contribution >= 4 is 35.1 Å². The first-order valence-electron chi connectivity index (χ1n) is 12.7. The number of hydrogen-bond acceptors (Lipinski definition) is 8. The monoisotopic (exact) mass is 514 g/mol. The van der Waals surface area contributed by atoms with Crippen molar-refractivity contribution < 1.29 is 9.53 Å². The second-order valence-corrected chi connectivity index (χ2v) is 11.0. The average molecular weight is 515 g/mol. The number of anilines is 3. The van der Waals surface area contributed by atoms with Gasteiger partial charge in [-0.15, -0.1) is 0 Å². The lowest BCUT2D eigenvalue weighted by Crippen LogP contribution is -2.40. The Labute approximate surface area is 217 Å². The zero-order chi connectivity index (χ0) is 25.4. The van der Waals surface area contributed by atoms with Crippen LogP contribution in [0.15, 0.2) is 24.7 Å². The van der Waals surface area contributed by atoms with Gasteiger partial charge in [0.25, 0.3) is 0 Å². The van der Waals surface area contributed by atoms with Crippen molar-refractivity contribution in [3.05, 3.63) is 35.4 Å². The molecule has 3 aliphatic rings. The summed E-state index contributed by atoms with van der Waals surface area (Å²) in [5.41, 5.74) is 1.25. The number of amides is 1. The van der Waals surface area contributed by atoms with E-state index in [0.29, 0.717) is 54.4 Å². The third kappa shape index (κ3) is 5.29. The molecule has 2 atom stereocenters. The van der Waals surface area contributed by atoms with Crippen LogP contribution in [0, 0.1) is 6.92 Å². The zero-order valence-corrected chi connectivity index (χ0v) is 22.1. The van der Waals surface area contributed by atoms with Crippen molar-refractivity contribution in [2.75, 3.05) is 30.8 Å². The standard InChI is InChI=1S/C25H35ClN8O2/c1-16-21(15-34(31-16)19-12-17-6-7-18(13-19)32(17)4)29-23-28-14-20(26)22(30-23)27-9-5-10-33-11-8-25(2,3)36-24(33)35/h8,11,14-15,17-19H,5-7,9-10,12-13H2,1-4H3,(H2,27,28,29,30). The molecule has 2 N–H and O–H groups in total. The van der Waals surface area contributed by atoms with Crippen molar-refractivity contribution in [3.63, 3.8) is 0 Å². The van der Waals surface area contributed by atoms with Gasteiger partial charge in [-0.25, -0.2) is 9.78 Å². The van der Waals surface area contributed by atoms with E-state index < -0.39 is 5.60 Å². The summed E-state index contributed by atoms with van der Waals surface area (Å²) >= 11 is 6.33. The normalized spacial score (nSPS) is 25.2. The number of nitrogens with zero attached hydrogens (tertiary/aromatic N) is 6. The molecule has 194 valence electrons. The van der Waals surface area contributed by atoms with E-state index in [1.165, 1.54) is 12.8 Å². The first-order valence-corrected chi connectivity index (χ1v) is 13.1. The number of hydrogen-bond donors (Lipinski definition) is 2. The second kappa shape index (κ2) is 9.89. The molecule has 2 saturated heterocycles. The van der Waals surface area contributed by atoms with E-state index in [4.69, 9.17) is 21.4 Å². The van der Waals surface area contributed by atoms with Crippen LogP contribution >= 0.6 is 11.6 Å². The predicted octanol–water partition coefficient (Wildman–Crippen LogP) is 4.72. The minimum Gasteiger partial charge on any atom is -0.439 e. The largest absolute Gasteiger partial charge is 0.439 e. The molecule has 0 saturated carbocycles. The first kappa shape index (κ1) is 24.8. The van der Waals surface area contributed by atoms with Crippen LogP contribution in [0.3, 0.4) is 0 Å². The lowest BCUT2D eigenvalue weighted by Gasteiger charge is -2.36. The summed E-state index contributed by atoms with van der Waals surface area (Å²) in [4.78, 5) is 25.1. The van der Waals surface area contributed by atoms with E-state index in [2.05, 4.69) is 43.4 Å². The number of aryl methyl sites for hydroxylation is 1. The minimum atomic E-state index is -0.564. The molecule has 10 nitrogen and oxygen atoms in total. The molecule has 1 amide bonds. The first-order chi connectivity index (χ1) is 17.2. The molecule has 2 aromatic rings. The number of aromatic nitrogens is 4. The van der Waals surface area contributed by atoms with Crippen LogP contribution in [0.4, 0.5) is 22.2 Å². The third-order valence-electron chi connectivity index (χ3n) is 7.46. The minimum absolute atomic E-state index is 0.335. The molecular weight excluding hydrogens is 480 g/mol. The molecule has 3 aliphatic heterocycles. The van der Waals surface area contributed by atoms with Gasteiger partial charge in [-0.2, -0.15) is 10.1 Å². The maximum atomic E-state index is 12.1. The molecule has 0 radical (unpaired) electrons. The molecule has 2 unspecified atom stereocenters. The van der Waals surface area contributed by atoms with Crippen molar-refractivity contribution in [1.29, 1.82) is 0 Å². The Kier molecular flexibility index (Phi) is 6.82. The average Bonchev–Trinajstić information content (AvgIpc) is 3.26. The molecule has 5 heterocycles. The fourth-order valence-corrected chi connectivity index (χ4v) is 5.49. The van der Waals surface area contributed by atoms with Gasteiger partial charge in [-0.05, 0) is 66.0 Å². The highest BCUT2D eigenvalue weighted by Gasteiger charge is 2.39. The summed E-state index contributed by atoms with van der Waals surface area (Å²) in [5, 5.41) is 11.8. The Bertz CT molecular complexity index is 1140. The number of fused-ring (bicyclic) bond motifs is 2. The molecule has 2 aromatic heterocycles. The summed E-state index contributed by atoms with van der Waals surface area (Å²) in [7, 11) is 2.25. The van der Waals surface area contributed by atoms with Crippen LogP contribution in [0.25, 0.3) is 0 Å². The molecule has 0 aromatic carbocycles. The Hall–Kier alpha value is -2.85. The van der Waals surface area contributed by atoms with Crippen molar-refractivity contribution in [2.24, 2.45) is 0 Å². The van der Waals surface area contributed by atoms with Crippen molar-refractivity contribution in [3.8, 4) is 0 Å². The second-order valence-electron chi connectivity index (χ2n) is 10.6. The van der Waals surface area contributed by atoms with Crippen molar-refractivity contribution in [1.82, 2.24) is 29.5 Å². The fraction of sp³-hybridized carbons (Fsp3) is 0.600. The highest BCUT2D eigenvalue weighted by atomic mass is 35.5. The van der Waals surface area contributed by atoms with Crippen LogP contribution in [0.2, 0.25) is 5.02 Å². The van der Waals surface area contributed by atoms with Crippen LogP contribution in [-0.2, 0) is 4.74 Å². The number of carbonyl (C=O) groups excluding carboxylic acids is 1. The lowest BCUT2D eigenvalue weighted by molar-refractivity contribution is 0.0390. The van der Waals surface area contributed by atoms with Gasteiger partial charge in [0.2, 0.25) is 5.95 Å². The zero-order valence-electron chi connectivity index (χ0n) is 21.4. The van der Waals surface area contributed by atoms with Gasteiger partial charge in [0, 0.05) is 37.6 Å². The van der Waals surface area contributed by atoms with E-state index in [9.17, 15) is 4.79 Å². The van der Waals surface area contributed by atoms with Gasteiger partial charge in [0.15, 0.2) is 0 Å². The quantitative estimate of drug-likeness (QED) is 0.488. The molecule has 5 rings (SSSR count). The predicted molar refractivity (Wildman–Crippen MR) is 140 cm³/mol. The molecule has 2 bridgehead atoms. The number of halogens is 1. The van der Waals surface area contributed by atoms with Crippen LogP contribution in [0.1, 0.15) is 57.7 Å². The molecular formula is C25H35ClN8O2. The van der Waals surface area contributed by atoms with Gasteiger partial charge >= 0.3 is 6.09 Å². The van der Waals surface area contributed by atoms with Gasteiger partial charge in [0.1, 0.15) is 16.4 Å². The number of ether oxygens (including phenoxy) is 1. The van der Waals surface area contributed by atoms with Crippen molar-refractivity contribution in [2.45, 2.75) is 76.6 Å². The summed E-state index contributed by atoms with van der Waals surface area (Å²) in [6, 6.07) is 1.74. The van der Waals surface area contributed by atoms with Gasteiger partial charge in [-0.1, -0.05) is 11.6 Å². The number of carbonyl (C=O) groups is 1. The highest BCUT2D eigenvalue weighted by Crippen LogP contribution is 2.40. The summed E-state index contributed by atoms with van der Waals surface area (Å²) < 4.78 is 7.50. The number of nitrogens with one attached hydrogen (secondary N) is 2.